The van der Waals surface area contributed by atoms with E-state index in [-0.39, 0.29) is 6.03 Å². The molecule has 0 spiro atoms. The van der Waals surface area contributed by atoms with Crippen LogP contribution in [0, 0.1) is 0 Å². The lowest BCUT2D eigenvalue weighted by atomic mass is 9.93. The summed E-state index contributed by atoms with van der Waals surface area (Å²) < 4.78 is 0. The molecule has 0 aromatic rings. The standard InChI is InChI=1S/C10H19N3O/c1-7-5-9(6-11-7)13-10(14)12-8-3-2-4-8/h7-9,11H,2-6H2,1H3,(H2,12,13,14). The Morgan fingerprint density at radius 3 is 2.50 bits per heavy atom. The van der Waals surface area contributed by atoms with E-state index >= 15 is 0 Å². The lowest BCUT2D eigenvalue weighted by Crippen LogP contribution is -2.48. The van der Waals surface area contributed by atoms with E-state index in [4.69, 9.17) is 0 Å². The summed E-state index contributed by atoms with van der Waals surface area (Å²) in [6, 6.07) is 1.28. The Kier molecular flexibility index (Phi) is 2.91. The molecule has 2 fully saturated rings. The van der Waals surface area contributed by atoms with Gasteiger partial charge in [-0.2, -0.15) is 0 Å². The maximum absolute atomic E-state index is 11.5. The van der Waals surface area contributed by atoms with Gasteiger partial charge in [-0.05, 0) is 32.6 Å². The number of hydrogen-bond acceptors (Lipinski definition) is 2. The third-order valence-electron chi connectivity index (χ3n) is 3.13. The minimum Gasteiger partial charge on any atom is -0.335 e. The van der Waals surface area contributed by atoms with Gasteiger partial charge in [0.2, 0.25) is 0 Å². The van der Waals surface area contributed by atoms with Crippen molar-refractivity contribution in [3.63, 3.8) is 0 Å². The Morgan fingerprint density at radius 2 is 2.00 bits per heavy atom. The fourth-order valence-corrected chi connectivity index (χ4v) is 2.01. The molecule has 2 unspecified atom stereocenters. The average molecular weight is 197 g/mol. The van der Waals surface area contributed by atoms with E-state index in [2.05, 4.69) is 22.9 Å². The second-order valence-electron chi connectivity index (χ2n) is 4.49. The van der Waals surface area contributed by atoms with E-state index in [0.717, 1.165) is 25.8 Å². The Morgan fingerprint density at radius 1 is 1.29 bits per heavy atom. The molecule has 0 aromatic carbocycles. The number of rotatable bonds is 2. The number of nitrogens with one attached hydrogen (secondary N) is 3. The van der Waals surface area contributed by atoms with E-state index in [1.165, 1.54) is 6.42 Å². The quantitative estimate of drug-likeness (QED) is 0.607. The van der Waals surface area contributed by atoms with Crippen molar-refractivity contribution in [2.75, 3.05) is 6.54 Å². The zero-order valence-electron chi connectivity index (χ0n) is 8.68. The Labute approximate surface area is 84.8 Å². The molecule has 14 heavy (non-hydrogen) atoms. The molecule has 1 aliphatic carbocycles. The van der Waals surface area contributed by atoms with Crippen molar-refractivity contribution in [1.29, 1.82) is 0 Å². The summed E-state index contributed by atoms with van der Waals surface area (Å²) in [5, 5.41) is 9.29. The van der Waals surface area contributed by atoms with Crippen LogP contribution in [0.3, 0.4) is 0 Å². The molecular weight excluding hydrogens is 178 g/mol. The molecule has 0 aromatic heterocycles. The maximum atomic E-state index is 11.5. The van der Waals surface area contributed by atoms with Gasteiger partial charge >= 0.3 is 6.03 Å². The minimum atomic E-state index is 0.00981. The van der Waals surface area contributed by atoms with Crippen molar-refractivity contribution in [2.45, 2.75) is 50.7 Å². The molecule has 1 aliphatic heterocycles. The average Bonchev–Trinajstić information content (AvgIpc) is 2.44. The smallest absolute Gasteiger partial charge is 0.315 e. The molecule has 80 valence electrons. The number of carbonyl (C=O) groups excluding carboxylic acids is 1. The third-order valence-corrected chi connectivity index (χ3v) is 3.13. The molecule has 4 nitrogen and oxygen atoms in total. The molecule has 4 heteroatoms. The van der Waals surface area contributed by atoms with Crippen molar-refractivity contribution in [1.82, 2.24) is 16.0 Å². The number of hydrogen-bond donors (Lipinski definition) is 3. The molecule has 1 saturated heterocycles. The van der Waals surface area contributed by atoms with Crippen molar-refractivity contribution < 1.29 is 4.79 Å². The maximum Gasteiger partial charge on any atom is 0.315 e. The fourth-order valence-electron chi connectivity index (χ4n) is 2.01. The van der Waals surface area contributed by atoms with Crippen molar-refractivity contribution >= 4 is 6.03 Å². The zero-order chi connectivity index (χ0) is 9.97. The Hall–Kier alpha value is -0.770. The van der Waals surface area contributed by atoms with Gasteiger partial charge < -0.3 is 16.0 Å². The van der Waals surface area contributed by atoms with E-state index in [1.807, 2.05) is 0 Å². The molecule has 3 N–H and O–H groups in total. The summed E-state index contributed by atoms with van der Waals surface area (Å²) in [5.41, 5.74) is 0. The van der Waals surface area contributed by atoms with Gasteiger partial charge in [-0.3, -0.25) is 0 Å². The SMILES string of the molecule is CC1CC(NC(=O)NC2CCC2)CN1. The van der Waals surface area contributed by atoms with Crippen LogP contribution in [0.2, 0.25) is 0 Å². The van der Waals surface area contributed by atoms with Crippen LogP contribution in [0.25, 0.3) is 0 Å². The van der Waals surface area contributed by atoms with Crippen molar-refractivity contribution in [3.8, 4) is 0 Å². The van der Waals surface area contributed by atoms with E-state index in [9.17, 15) is 4.79 Å². The molecule has 2 atom stereocenters. The Bertz CT molecular complexity index is 215. The van der Waals surface area contributed by atoms with Crippen LogP contribution in [0.4, 0.5) is 4.79 Å². The predicted octanol–water partition coefficient (Wildman–Crippen LogP) is 0.588. The van der Waals surface area contributed by atoms with Gasteiger partial charge in [0, 0.05) is 24.7 Å². The normalized spacial score (nSPS) is 32.4. The number of urea groups is 1. The van der Waals surface area contributed by atoms with Crippen LogP contribution >= 0.6 is 0 Å². The second kappa shape index (κ2) is 4.17. The highest BCUT2D eigenvalue weighted by Gasteiger charge is 2.24. The highest BCUT2D eigenvalue weighted by atomic mass is 16.2. The molecule has 2 rings (SSSR count). The van der Waals surface area contributed by atoms with E-state index in [1.54, 1.807) is 0 Å². The third kappa shape index (κ3) is 2.38. The van der Waals surface area contributed by atoms with Crippen LogP contribution in [-0.4, -0.2) is 30.7 Å². The van der Waals surface area contributed by atoms with Gasteiger partial charge in [0.1, 0.15) is 0 Å². The molecule has 1 heterocycles. The lowest BCUT2D eigenvalue weighted by molar-refractivity contribution is 0.225. The van der Waals surface area contributed by atoms with Crippen LogP contribution in [0.15, 0.2) is 0 Å². The summed E-state index contributed by atoms with van der Waals surface area (Å²) in [4.78, 5) is 11.5. The Balaban J connectivity index is 1.66. The first-order valence-electron chi connectivity index (χ1n) is 5.54. The summed E-state index contributed by atoms with van der Waals surface area (Å²) in [6.45, 7) is 3.05. The lowest BCUT2D eigenvalue weighted by Gasteiger charge is -2.27. The van der Waals surface area contributed by atoms with Crippen LogP contribution in [0.1, 0.15) is 32.6 Å². The topological polar surface area (TPSA) is 53.2 Å². The summed E-state index contributed by atoms with van der Waals surface area (Å²) in [6.07, 6.45) is 4.59. The summed E-state index contributed by atoms with van der Waals surface area (Å²) in [7, 11) is 0. The molecular formula is C10H19N3O. The largest absolute Gasteiger partial charge is 0.335 e. The van der Waals surface area contributed by atoms with E-state index < -0.39 is 0 Å². The van der Waals surface area contributed by atoms with Crippen molar-refractivity contribution in [2.24, 2.45) is 0 Å². The van der Waals surface area contributed by atoms with Gasteiger partial charge in [-0.1, -0.05) is 0 Å². The highest BCUT2D eigenvalue weighted by Crippen LogP contribution is 2.17. The van der Waals surface area contributed by atoms with Gasteiger partial charge in [-0.25, -0.2) is 4.79 Å². The molecule has 2 amide bonds. The zero-order valence-corrected chi connectivity index (χ0v) is 8.68. The van der Waals surface area contributed by atoms with Gasteiger partial charge in [0.05, 0.1) is 0 Å². The van der Waals surface area contributed by atoms with Crippen LogP contribution in [-0.2, 0) is 0 Å². The molecule has 0 bridgehead atoms. The predicted molar refractivity (Wildman–Crippen MR) is 55.2 cm³/mol. The summed E-state index contributed by atoms with van der Waals surface area (Å²) in [5.74, 6) is 0. The van der Waals surface area contributed by atoms with Crippen LogP contribution in [0.5, 0.6) is 0 Å². The highest BCUT2D eigenvalue weighted by molar-refractivity contribution is 5.74. The molecule has 0 radical (unpaired) electrons. The van der Waals surface area contributed by atoms with Crippen LogP contribution < -0.4 is 16.0 Å². The van der Waals surface area contributed by atoms with Crippen molar-refractivity contribution in [3.05, 3.63) is 0 Å². The van der Waals surface area contributed by atoms with Gasteiger partial charge in [0.25, 0.3) is 0 Å². The fraction of sp³-hybridized carbons (Fsp3) is 0.900. The first-order valence-corrected chi connectivity index (χ1v) is 5.54. The number of amides is 2. The monoisotopic (exact) mass is 197 g/mol. The minimum absolute atomic E-state index is 0.00981. The number of carbonyl (C=O) groups is 1. The van der Waals surface area contributed by atoms with Gasteiger partial charge in [-0.15, -0.1) is 0 Å². The molecule has 2 aliphatic rings. The summed E-state index contributed by atoms with van der Waals surface area (Å²) >= 11 is 0. The molecule has 1 saturated carbocycles. The second-order valence-corrected chi connectivity index (χ2v) is 4.49. The van der Waals surface area contributed by atoms with E-state index in [0.29, 0.717) is 18.1 Å². The first-order chi connectivity index (χ1) is 6.74. The van der Waals surface area contributed by atoms with Gasteiger partial charge in [0.15, 0.2) is 0 Å². The first kappa shape index (κ1) is 9.77.